The van der Waals surface area contributed by atoms with E-state index in [1.54, 1.807) is 0 Å². The predicted octanol–water partition coefficient (Wildman–Crippen LogP) is 3.21. The molecule has 0 N–H and O–H groups in total. The van der Waals surface area contributed by atoms with E-state index < -0.39 is 5.60 Å². The van der Waals surface area contributed by atoms with E-state index in [0.29, 0.717) is 6.61 Å². The van der Waals surface area contributed by atoms with Crippen LogP contribution in [0, 0.1) is 0 Å². The Balaban J connectivity index is 1.85. The average Bonchev–Trinajstić information content (AvgIpc) is 2.72. The monoisotopic (exact) mass is 240 g/mol. The maximum atomic E-state index is 12.1. The van der Waals surface area contributed by atoms with Crippen LogP contribution in [0.3, 0.4) is 0 Å². The van der Waals surface area contributed by atoms with Crippen molar-refractivity contribution < 1.29 is 14.3 Å². The van der Waals surface area contributed by atoms with Gasteiger partial charge in [0, 0.05) is 0 Å². The minimum atomic E-state index is -0.588. The van der Waals surface area contributed by atoms with Gasteiger partial charge in [0.15, 0.2) is 5.60 Å². The zero-order valence-corrected chi connectivity index (χ0v) is 11.1. The fraction of sp³-hybridized carbons (Fsp3) is 0.929. The van der Waals surface area contributed by atoms with Gasteiger partial charge in [-0.15, -0.1) is 0 Å². The summed E-state index contributed by atoms with van der Waals surface area (Å²) in [5, 5.41) is 0. The van der Waals surface area contributed by atoms with Gasteiger partial charge < -0.3 is 9.47 Å². The van der Waals surface area contributed by atoms with Gasteiger partial charge in [0.05, 0.1) is 6.61 Å². The molecule has 3 nitrogen and oxygen atoms in total. The van der Waals surface area contributed by atoms with Gasteiger partial charge in [0.2, 0.25) is 0 Å². The number of rotatable bonds is 6. The Kier molecular flexibility index (Phi) is 3.76. The van der Waals surface area contributed by atoms with Gasteiger partial charge in [-0.05, 0) is 25.7 Å². The van der Waals surface area contributed by atoms with E-state index in [0.717, 1.165) is 38.5 Å². The fourth-order valence-corrected chi connectivity index (χ4v) is 3.16. The van der Waals surface area contributed by atoms with E-state index in [9.17, 15) is 4.79 Å². The van der Waals surface area contributed by atoms with Gasteiger partial charge in [-0.3, -0.25) is 0 Å². The minimum Gasteiger partial charge on any atom is -0.463 e. The zero-order chi connectivity index (χ0) is 12.4. The quantitative estimate of drug-likeness (QED) is 0.406. The Morgan fingerprint density at radius 3 is 2.53 bits per heavy atom. The van der Waals surface area contributed by atoms with Crippen molar-refractivity contribution in [3.63, 3.8) is 0 Å². The number of hydrogen-bond acceptors (Lipinski definition) is 3. The Labute approximate surface area is 104 Å². The average molecular weight is 240 g/mol. The Hall–Kier alpha value is -0.570. The van der Waals surface area contributed by atoms with Crippen LogP contribution in [-0.2, 0) is 14.3 Å². The molecule has 0 bridgehead atoms. The lowest BCUT2D eigenvalue weighted by Gasteiger charge is -2.13. The Bertz CT molecular complexity index is 281. The van der Waals surface area contributed by atoms with Crippen LogP contribution in [0.2, 0.25) is 0 Å². The van der Waals surface area contributed by atoms with Crippen LogP contribution in [0.1, 0.15) is 65.2 Å². The molecule has 2 aliphatic rings. The lowest BCUT2D eigenvalue weighted by Crippen LogP contribution is -2.34. The summed E-state index contributed by atoms with van der Waals surface area (Å²) in [6, 6.07) is 0. The number of esters is 1. The molecule has 1 aliphatic carbocycles. The first-order valence-electron chi connectivity index (χ1n) is 7.08. The highest BCUT2D eigenvalue weighted by molar-refractivity contribution is 5.85. The number of ether oxygens (including phenoxy) is 2. The highest BCUT2D eigenvalue weighted by Gasteiger charge is 2.74. The standard InChI is InChI=1S/C14H24O3/c1-3-5-8-11-16-12(15)14(4-2)13(17-14)9-6-7-10-13/h3-11H2,1-2H3. The van der Waals surface area contributed by atoms with Crippen LogP contribution in [0.4, 0.5) is 0 Å². The summed E-state index contributed by atoms with van der Waals surface area (Å²) >= 11 is 0. The molecule has 98 valence electrons. The molecular weight excluding hydrogens is 216 g/mol. The lowest BCUT2D eigenvalue weighted by molar-refractivity contribution is -0.150. The van der Waals surface area contributed by atoms with Gasteiger partial charge in [0.1, 0.15) is 5.60 Å². The van der Waals surface area contributed by atoms with Crippen LogP contribution in [0.25, 0.3) is 0 Å². The number of hydrogen-bond donors (Lipinski definition) is 0. The van der Waals surface area contributed by atoms with Crippen molar-refractivity contribution in [2.75, 3.05) is 6.61 Å². The van der Waals surface area contributed by atoms with Crippen molar-refractivity contribution in [3.05, 3.63) is 0 Å². The minimum absolute atomic E-state index is 0.113. The maximum absolute atomic E-state index is 12.1. The van der Waals surface area contributed by atoms with Crippen LogP contribution >= 0.6 is 0 Å². The molecule has 1 unspecified atom stereocenters. The first-order valence-corrected chi connectivity index (χ1v) is 7.08. The van der Waals surface area contributed by atoms with Crippen LogP contribution < -0.4 is 0 Å². The molecule has 1 spiro atoms. The van der Waals surface area contributed by atoms with Crippen molar-refractivity contribution in [2.45, 2.75) is 76.4 Å². The molecule has 0 amide bonds. The van der Waals surface area contributed by atoms with Gasteiger partial charge in [-0.1, -0.05) is 39.5 Å². The van der Waals surface area contributed by atoms with E-state index in [4.69, 9.17) is 9.47 Å². The highest BCUT2D eigenvalue weighted by Crippen LogP contribution is 2.60. The molecule has 2 rings (SSSR count). The molecule has 1 atom stereocenters. The summed E-state index contributed by atoms with van der Waals surface area (Å²) in [5.74, 6) is -0.113. The van der Waals surface area contributed by atoms with Gasteiger partial charge in [0.25, 0.3) is 0 Å². The SMILES string of the molecule is CCCCCOC(=O)C1(CC)OC12CCCC2. The zero-order valence-electron chi connectivity index (χ0n) is 11.1. The first kappa shape index (κ1) is 12.9. The number of epoxide rings is 1. The third-order valence-electron chi connectivity index (χ3n) is 4.28. The van der Waals surface area contributed by atoms with E-state index in [1.807, 2.05) is 6.92 Å². The third kappa shape index (κ3) is 2.10. The summed E-state index contributed by atoms with van der Waals surface area (Å²) in [4.78, 5) is 12.1. The molecule has 1 saturated carbocycles. The van der Waals surface area contributed by atoms with Crippen LogP contribution in [-0.4, -0.2) is 23.8 Å². The molecular formula is C14H24O3. The topological polar surface area (TPSA) is 38.8 Å². The van der Waals surface area contributed by atoms with Crippen molar-refractivity contribution in [3.8, 4) is 0 Å². The number of unbranched alkanes of at least 4 members (excludes halogenated alkanes) is 2. The second-order valence-corrected chi connectivity index (χ2v) is 5.33. The molecule has 1 aliphatic heterocycles. The van der Waals surface area contributed by atoms with Crippen LogP contribution in [0.5, 0.6) is 0 Å². The van der Waals surface area contributed by atoms with Gasteiger partial charge in [-0.2, -0.15) is 0 Å². The Morgan fingerprint density at radius 2 is 1.94 bits per heavy atom. The molecule has 1 heterocycles. The van der Waals surface area contributed by atoms with E-state index in [2.05, 4.69) is 6.92 Å². The second kappa shape index (κ2) is 4.97. The fourth-order valence-electron chi connectivity index (χ4n) is 3.16. The first-order chi connectivity index (χ1) is 8.21. The largest absolute Gasteiger partial charge is 0.463 e. The van der Waals surface area contributed by atoms with E-state index in [1.165, 1.54) is 12.8 Å². The smallest absolute Gasteiger partial charge is 0.341 e. The lowest BCUT2D eigenvalue weighted by atomic mass is 9.89. The van der Waals surface area contributed by atoms with E-state index >= 15 is 0 Å². The van der Waals surface area contributed by atoms with Crippen molar-refractivity contribution in [1.82, 2.24) is 0 Å². The molecule has 0 aromatic carbocycles. The van der Waals surface area contributed by atoms with Crippen molar-refractivity contribution in [2.24, 2.45) is 0 Å². The van der Waals surface area contributed by atoms with Crippen LogP contribution in [0.15, 0.2) is 0 Å². The second-order valence-electron chi connectivity index (χ2n) is 5.33. The molecule has 0 aromatic heterocycles. The summed E-state index contributed by atoms with van der Waals surface area (Å²) in [5.41, 5.74) is -0.737. The third-order valence-corrected chi connectivity index (χ3v) is 4.28. The van der Waals surface area contributed by atoms with Gasteiger partial charge in [-0.25, -0.2) is 4.79 Å². The molecule has 1 saturated heterocycles. The van der Waals surface area contributed by atoms with E-state index in [-0.39, 0.29) is 11.6 Å². The predicted molar refractivity (Wildman–Crippen MR) is 65.8 cm³/mol. The molecule has 2 fully saturated rings. The molecule has 0 radical (unpaired) electrons. The molecule has 17 heavy (non-hydrogen) atoms. The molecule has 3 heteroatoms. The highest BCUT2D eigenvalue weighted by atomic mass is 16.7. The maximum Gasteiger partial charge on any atom is 0.341 e. The molecule has 0 aromatic rings. The summed E-state index contributed by atoms with van der Waals surface area (Å²) in [7, 11) is 0. The summed E-state index contributed by atoms with van der Waals surface area (Å²) in [6.45, 7) is 4.72. The van der Waals surface area contributed by atoms with Gasteiger partial charge >= 0.3 is 5.97 Å². The number of carbonyl (C=O) groups is 1. The summed E-state index contributed by atoms with van der Waals surface area (Å²) < 4.78 is 11.2. The summed E-state index contributed by atoms with van der Waals surface area (Å²) in [6.07, 6.45) is 8.43. The van der Waals surface area contributed by atoms with Crippen molar-refractivity contribution in [1.29, 1.82) is 0 Å². The normalized spacial score (nSPS) is 29.5. The number of carbonyl (C=O) groups excluding carboxylic acids is 1. The van der Waals surface area contributed by atoms with Crippen molar-refractivity contribution >= 4 is 5.97 Å². The Morgan fingerprint density at radius 1 is 1.24 bits per heavy atom.